The molecule has 164 valence electrons. The monoisotopic (exact) mass is 453 g/mol. The number of nitrogens with zero attached hydrogens (tertiary/aromatic N) is 3. The van der Waals surface area contributed by atoms with Gasteiger partial charge in [-0.15, -0.1) is 0 Å². The first-order chi connectivity index (χ1) is 15.2. The minimum atomic E-state index is -3.84. The molecule has 0 spiro atoms. The van der Waals surface area contributed by atoms with Crippen LogP contribution in [0.15, 0.2) is 64.1 Å². The lowest BCUT2D eigenvalue weighted by Crippen LogP contribution is -2.13. The molecule has 0 atom stereocenters. The van der Waals surface area contributed by atoms with Gasteiger partial charge in [-0.25, -0.2) is 27.5 Å². The highest BCUT2D eigenvalue weighted by molar-refractivity contribution is 7.92. The van der Waals surface area contributed by atoms with Crippen LogP contribution in [-0.2, 0) is 10.0 Å². The Morgan fingerprint density at radius 1 is 1.00 bits per heavy atom. The second kappa shape index (κ2) is 8.39. The van der Waals surface area contributed by atoms with Crippen LogP contribution in [0.3, 0.4) is 0 Å². The van der Waals surface area contributed by atoms with Gasteiger partial charge in [0.25, 0.3) is 10.0 Å². The Morgan fingerprint density at radius 2 is 1.75 bits per heavy atom. The van der Waals surface area contributed by atoms with Crippen molar-refractivity contribution in [2.24, 2.45) is 0 Å². The smallest absolute Gasteiger partial charge is 0.264 e. The molecule has 4 aromatic rings. The van der Waals surface area contributed by atoms with E-state index in [2.05, 4.69) is 25.2 Å². The van der Waals surface area contributed by atoms with Gasteiger partial charge in [-0.3, -0.25) is 0 Å². The number of anilines is 3. The average molecular weight is 453 g/mol. The molecule has 0 bridgehead atoms. The van der Waals surface area contributed by atoms with Crippen molar-refractivity contribution in [2.75, 3.05) is 10.0 Å². The first-order valence-corrected chi connectivity index (χ1v) is 11.1. The highest BCUT2D eigenvalue weighted by Gasteiger charge is 2.19. The van der Waals surface area contributed by atoms with E-state index in [0.717, 1.165) is 11.1 Å². The molecule has 8 nitrogen and oxygen atoms in total. The predicted octanol–water partition coefficient (Wildman–Crippen LogP) is 4.74. The van der Waals surface area contributed by atoms with Crippen molar-refractivity contribution in [3.8, 4) is 11.3 Å². The molecule has 0 saturated heterocycles. The van der Waals surface area contributed by atoms with Crippen LogP contribution in [0.4, 0.5) is 21.9 Å². The molecule has 2 heterocycles. The van der Waals surface area contributed by atoms with Gasteiger partial charge < -0.3 is 9.84 Å². The summed E-state index contributed by atoms with van der Waals surface area (Å²) in [6.07, 6.45) is 1.60. The van der Waals surface area contributed by atoms with Gasteiger partial charge in [0.1, 0.15) is 5.82 Å². The Labute approximate surface area is 184 Å². The maximum atomic E-state index is 13.4. The van der Waals surface area contributed by atoms with Crippen LogP contribution in [0.2, 0.25) is 0 Å². The average Bonchev–Trinajstić information content (AvgIpc) is 3.06. The van der Waals surface area contributed by atoms with Crippen LogP contribution >= 0.6 is 0 Å². The van der Waals surface area contributed by atoms with Gasteiger partial charge in [-0.05, 0) is 74.9 Å². The van der Waals surface area contributed by atoms with Gasteiger partial charge in [0.15, 0.2) is 0 Å². The molecule has 2 aromatic heterocycles. The van der Waals surface area contributed by atoms with Crippen molar-refractivity contribution in [1.29, 1.82) is 0 Å². The highest BCUT2D eigenvalue weighted by atomic mass is 32.2. The van der Waals surface area contributed by atoms with Crippen molar-refractivity contribution in [1.82, 2.24) is 15.1 Å². The Hall–Kier alpha value is -3.79. The third-order valence-corrected chi connectivity index (χ3v) is 6.27. The molecule has 0 fully saturated rings. The fourth-order valence-corrected chi connectivity index (χ4v) is 4.07. The van der Waals surface area contributed by atoms with E-state index in [-0.39, 0.29) is 16.6 Å². The van der Waals surface area contributed by atoms with E-state index >= 15 is 0 Å². The normalized spacial score (nSPS) is 11.4. The van der Waals surface area contributed by atoms with Gasteiger partial charge in [-0.1, -0.05) is 5.16 Å². The van der Waals surface area contributed by atoms with Crippen molar-refractivity contribution in [3.63, 3.8) is 0 Å². The predicted molar refractivity (Wildman–Crippen MR) is 119 cm³/mol. The van der Waals surface area contributed by atoms with Gasteiger partial charge in [-0.2, -0.15) is 0 Å². The zero-order chi connectivity index (χ0) is 22.9. The molecule has 4 rings (SSSR count). The summed E-state index contributed by atoms with van der Waals surface area (Å²) in [6, 6.07) is 12.3. The summed E-state index contributed by atoms with van der Waals surface area (Å²) in [6.45, 7) is 5.26. The van der Waals surface area contributed by atoms with Crippen LogP contribution in [-0.4, -0.2) is 23.5 Å². The fourth-order valence-electron chi connectivity index (χ4n) is 3.02. The minimum Gasteiger partial charge on any atom is -0.337 e. The molecule has 0 unspecified atom stereocenters. The number of rotatable bonds is 6. The van der Waals surface area contributed by atoms with Crippen LogP contribution in [0.5, 0.6) is 0 Å². The van der Waals surface area contributed by atoms with E-state index in [1.165, 1.54) is 24.3 Å². The second-order valence-corrected chi connectivity index (χ2v) is 8.88. The Kier molecular flexibility index (Phi) is 5.62. The third-order valence-electron chi connectivity index (χ3n) is 4.92. The van der Waals surface area contributed by atoms with Crippen LogP contribution in [0, 0.1) is 26.6 Å². The summed E-state index contributed by atoms with van der Waals surface area (Å²) >= 11 is 0. The van der Waals surface area contributed by atoms with E-state index < -0.39 is 10.0 Å². The maximum Gasteiger partial charge on any atom is 0.264 e. The van der Waals surface area contributed by atoms with Gasteiger partial charge in [0.05, 0.1) is 16.3 Å². The molecule has 0 radical (unpaired) electrons. The lowest BCUT2D eigenvalue weighted by molar-refractivity contribution is 0.430. The summed E-state index contributed by atoms with van der Waals surface area (Å²) in [4.78, 5) is 8.74. The number of hydrogen-bond donors (Lipinski definition) is 2. The van der Waals surface area contributed by atoms with Crippen LogP contribution < -0.4 is 10.0 Å². The molecule has 2 aromatic carbocycles. The Balaban J connectivity index is 1.52. The van der Waals surface area contributed by atoms with Crippen LogP contribution in [0.1, 0.15) is 16.8 Å². The molecule has 0 saturated carbocycles. The summed E-state index contributed by atoms with van der Waals surface area (Å²) in [7, 11) is -3.84. The first-order valence-electron chi connectivity index (χ1n) is 9.65. The van der Waals surface area contributed by atoms with Crippen molar-refractivity contribution >= 4 is 27.5 Å². The zero-order valence-electron chi connectivity index (χ0n) is 17.5. The molecule has 0 aliphatic heterocycles. The fraction of sp³-hybridized carbons (Fsp3) is 0.136. The summed E-state index contributed by atoms with van der Waals surface area (Å²) in [5.41, 5.74) is 4.03. The van der Waals surface area contributed by atoms with E-state index in [9.17, 15) is 12.8 Å². The molecular formula is C22H20FN5O3S. The quantitative estimate of drug-likeness (QED) is 0.434. The van der Waals surface area contributed by atoms with E-state index in [1.54, 1.807) is 44.3 Å². The summed E-state index contributed by atoms with van der Waals surface area (Å²) in [5.74, 6) is 0.107. The maximum absolute atomic E-state index is 13.4. The number of halogens is 1. The lowest BCUT2D eigenvalue weighted by Gasteiger charge is -2.10. The van der Waals surface area contributed by atoms with Gasteiger partial charge in [0, 0.05) is 23.0 Å². The SMILES string of the molecule is Cc1cc(F)ccc1-c1ccnc(Nc2ccc(S(=O)(=O)Nc3onc(C)c3C)cc2)n1. The number of hydrogen-bond acceptors (Lipinski definition) is 7. The Bertz CT molecular complexity index is 1390. The molecule has 10 heteroatoms. The number of nitrogens with one attached hydrogen (secondary N) is 2. The van der Waals surface area contributed by atoms with Gasteiger partial charge in [0.2, 0.25) is 11.8 Å². The molecule has 0 aliphatic rings. The highest BCUT2D eigenvalue weighted by Crippen LogP contribution is 2.25. The van der Waals surface area contributed by atoms with E-state index in [1.807, 2.05) is 6.92 Å². The van der Waals surface area contributed by atoms with Crippen molar-refractivity contribution in [2.45, 2.75) is 25.7 Å². The molecular weight excluding hydrogens is 433 g/mol. The Morgan fingerprint density at radius 3 is 2.41 bits per heavy atom. The lowest BCUT2D eigenvalue weighted by atomic mass is 10.1. The van der Waals surface area contributed by atoms with E-state index in [4.69, 9.17) is 4.52 Å². The van der Waals surface area contributed by atoms with Crippen LogP contribution in [0.25, 0.3) is 11.3 Å². The molecule has 32 heavy (non-hydrogen) atoms. The number of aryl methyl sites for hydroxylation is 2. The second-order valence-electron chi connectivity index (χ2n) is 7.20. The number of benzene rings is 2. The first kappa shape index (κ1) is 21.4. The van der Waals surface area contributed by atoms with E-state index in [0.29, 0.717) is 28.6 Å². The third kappa shape index (κ3) is 4.45. The van der Waals surface area contributed by atoms with Crippen molar-refractivity contribution < 1.29 is 17.3 Å². The van der Waals surface area contributed by atoms with Crippen molar-refractivity contribution in [3.05, 3.63) is 77.4 Å². The largest absolute Gasteiger partial charge is 0.337 e. The molecule has 0 amide bonds. The molecule has 0 aliphatic carbocycles. The number of aromatic nitrogens is 3. The molecule has 2 N–H and O–H groups in total. The standard InChI is InChI=1S/C22H20FN5O3S/c1-13-12-16(23)4-9-19(13)20-10-11-24-22(26-20)25-17-5-7-18(8-6-17)32(29,30)28-21-14(2)15(3)27-31-21/h4-12,28H,1-3H3,(H,24,25,26). The number of sulfonamides is 1. The minimum absolute atomic E-state index is 0.0631. The summed E-state index contributed by atoms with van der Waals surface area (Å²) < 4.78 is 46.1. The van der Waals surface area contributed by atoms with Gasteiger partial charge >= 0.3 is 0 Å². The topological polar surface area (TPSA) is 110 Å². The summed E-state index contributed by atoms with van der Waals surface area (Å²) in [5, 5.41) is 6.79. The zero-order valence-corrected chi connectivity index (χ0v) is 18.4.